The fourth-order valence-corrected chi connectivity index (χ4v) is 9.12. The lowest BCUT2D eigenvalue weighted by molar-refractivity contribution is 0.204. The molecule has 2 nitrogen and oxygen atoms in total. The maximum atomic E-state index is 2.63. The van der Waals surface area contributed by atoms with E-state index in [1.807, 2.05) is 0 Å². The molecule has 32 heavy (non-hydrogen) atoms. The van der Waals surface area contributed by atoms with Crippen LogP contribution in [0.3, 0.4) is 0 Å². The van der Waals surface area contributed by atoms with E-state index in [2.05, 4.69) is 145 Å². The Kier molecular flexibility index (Phi) is 8.21. The second-order valence-corrected chi connectivity index (χ2v) is 11.6. The number of hydrogen-bond donors (Lipinski definition) is 0. The minimum Gasteiger partial charge on any atom is -0.207 e. The van der Waals surface area contributed by atoms with Gasteiger partial charge in [-0.1, -0.05) is 135 Å². The van der Waals surface area contributed by atoms with Crippen molar-refractivity contribution in [2.45, 2.75) is 13.8 Å². The summed E-state index contributed by atoms with van der Waals surface area (Å²) in [5.74, 6) is 0. The van der Waals surface area contributed by atoms with Crippen LogP contribution in [0, 0.1) is 0 Å². The molecule has 0 N–H and O–H groups in total. The highest BCUT2D eigenvalue weighted by Crippen LogP contribution is 2.48. The van der Waals surface area contributed by atoms with Gasteiger partial charge in [0, 0.05) is 29.2 Å². The number of nitrogens with zero attached hydrogens (tertiary/aromatic N) is 2. The molecule has 0 radical (unpaired) electrons. The second-order valence-electron chi connectivity index (χ2n) is 7.34. The van der Waals surface area contributed by atoms with Crippen LogP contribution in [0.2, 0.25) is 0 Å². The van der Waals surface area contributed by atoms with Gasteiger partial charge in [0.2, 0.25) is 0 Å². The topological polar surface area (TPSA) is 6.48 Å². The third kappa shape index (κ3) is 5.17. The first kappa shape index (κ1) is 22.8. The van der Waals surface area contributed by atoms with Gasteiger partial charge in [-0.2, -0.15) is 0 Å². The summed E-state index contributed by atoms with van der Waals surface area (Å²) in [4.78, 5) is 0. The van der Waals surface area contributed by atoms with E-state index in [9.17, 15) is 0 Å². The SMILES string of the molecule is CCN(N(CC)P(c1ccccc1)c1ccccc1)P(c1ccccc1)c1ccccc1. The van der Waals surface area contributed by atoms with Crippen molar-refractivity contribution in [2.75, 3.05) is 13.1 Å². The lowest BCUT2D eigenvalue weighted by Crippen LogP contribution is -2.43. The van der Waals surface area contributed by atoms with Crippen LogP contribution in [-0.4, -0.2) is 22.6 Å². The first-order valence-electron chi connectivity index (χ1n) is 11.2. The molecule has 0 fully saturated rings. The van der Waals surface area contributed by atoms with Crippen LogP contribution in [0.5, 0.6) is 0 Å². The second kappa shape index (κ2) is 11.5. The molecule has 0 aliphatic heterocycles. The monoisotopic (exact) mass is 456 g/mol. The molecule has 0 heterocycles. The van der Waals surface area contributed by atoms with Crippen molar-refractivity contribution < 1.29 is 0 Å². The number of rotatable bonds is 9. The Hall–Kier alpha value is -2.34. The zero-order chi connectivity index (χ0) is 22.2. The van der Waals surface area contributed by atoms with E-state index in [4.69, 9.17) is 0 Å². The quantitative estimate of drug-likeness (QED) is 0.238. The van der Waals surface area contributed by atoms with Gasteiger partial charge in [-0.3, -0.25) is 0 Å². The molecule has 0 unspecified atom stereocenters. The highest BCUT2D eigenvalue weighted by Gasteiger charge is 2.32. The zero-order valence-corrected chi connectivity index (χ0v) is 20.5. The van der Waals surface area contributed by atoms with E-state index in [1.165, 1.54) is 21.2 Å². The Morgan fingerprint density at radius 3 is 0.812 bits per heavy atom. The van der Waals surface area contributed by atoms with Crippen molar-refractivity contribution >= 4 is 37.4 Å². The van der Waals surface area contributed by atoms with E-state index < -0.39 is 16.1 Å². The van der Waals surface area contributed by atoms with E-state index in [1.54, 1.807) is 0 Å². The summed E-state index contributed by atoms with van der Waals surface area (Å²) < 4.78 is 5.26. The summed E-state index contributed by atoms with van der Waals surface area (Å²) in [5.41, 5.74) is 0. The average Bonchev–Trinajstić information content (AvgIpc) is 2.88. The van der Waals surface area contributed by atoms with Crippen LogP contribution in [0.25, 0.3) is 0 Å². The zero-order valence-electron chi connectivity index (χ0n) is 18.8. The largest absolute Gasteiger partial charge is 0.207 e. The molecule has 0 aliphatic carbocycles. The van der Waals surface area contributed by atoms with Crippen molar-refractivity contribution in [1.82, 2.24) is 9.56 Å². The van der Waals surface area contributed by atoms with Gasteiger partial charge in [0.05, 0.1) is 0 Å². The summed E-state index contributed by atoms with van der Waals surface area (Å²) in [7, 11) is -1.39. The van der Waals surface area contributed by atoms with Gasteiger partial charge in [-0.05, 0) is 21.2 Å². The van der Waals surface area contributed by atoms with Crippen LogP contribution in [-0.2, 0) is 0 Å². The molecule has 0 saturated carbocycles. The molecule has 4 rings (SSSR count). The highest BCUT2D eigenvalue weighted by atomic mass is 31.1. The Balaban J connectivity index is 1.84. The van der Waals surface area contributed by atoms with Crippen LogP contribution >= 0.6 is 16.1 Å². The number of benzene rings is 4. The van der Waals surface area contributed by atoms with Gasteiger partial charge in [0.25, 0.3) is 0 Å². The maximum Gasteiger partial charge on any atom is 0.0437 e. The van der Waals surface area contributed by atoms with Crippen LogP contribution < -0.4 is 21.2 Å². The highest BCUT2D eigenvalue weighted by molar-refractivity contribution is 7.73. The lowest BCUT2D eigenvalue weighted by Gasteiger charge is -2.44. The van der Waals surface area contributed by atoms with Gasteiger partial charge < -0.3 is 0 Å². The maximum absolute atomic E-state index is 2.63. The fourth-order valence-electron chi connectivity index (χ4n) is 3.92. The summed E-state index contributed by atoms with van der Waals surface area (Å²) >= 11 is 0. The Morgan fingerprint density at radius 2 is 0.625 bits per heavy atom. The smallest absolute Gasteiger partial charge is 0.0437 e. The molecule has 4 aromatic carbocycles. The normalized spacial score (nSPS) is 11.6. The van der Waals surface area contributed by atoms with Crippen molar-refractivity contribution in [1.29, 1.82) is 0 Å². The van der Waals surface area contributed by atoms with Crippen molar-refractivity contribution in [3.05, 3.63) is 121 Å². The molecule has 0 aromatic heterocycles. The van der Waals surface area contributed by atoms with Gasteiger partial charge in [-0.25, -0.2) is 9.56 Å². The molecule has 4 aromatic rings. The standard InChI is InChI=1S/C28H30N2P2/c1-3-29(31(25-17-9-5-10-18-25)26-19-11-6-12-20-26)30(4-2)32(27-21-13-7-14-22-27)28-23-15-8-16-24-28/h5-24H,3-4H2,1-2H3. The van der Waals surface area contributed by atoms with Crippen molar-refractivity contribution in [3.8, 4) is 0 Å². The van der Waals surface area contributed by atoms with Crippen LogP contribution in [0.1, 0.15) is 13.8 Å². The Bertz CT molecular complexity index is 892. The first-order chi connectivity index (χ1) is 15.8. The van der Waals surface area contributed by atoms with Crippen LogP contribution in [0.4, 0.5) is 0 Å². The molecule has 0 aliphatic rings. The fraction of sp³-hybridized carbons (Fsp3) is 0.143. The summed E-state index contributed by atoms with van der Waals surface area (Å²) in [6.07, 6.45) is 0. The first-order valence-corrected chi connectivity index (χ1v) is 13.8. The average molecular weight is 457 g/mol. The molecule has 0 amide bonds. The summed E-state index contributed by atoms with van der Waals surface area (Å²) in [6, 6.07) is 44.0. The minimum absolute atomic E-state index is 0.697. The predicted molar refractivity (Wildman–Crippen MR) is 143 cm³/mol. The number of hydrogen-bond acceptors (Lipinski definition) is 2. The number of hydrazine groups is 1. The molecule has 4 heteroatoms. The van der Waals surface area contributed by atoms with Gasteiger partial charge in [0.1, 0.15) is 0 Å². The van der Waals surface area contributed by atoms with Crippen molar-refractivity contribution in [3.63, 3.8) is 0 Å². The Labute approximate surface area is 195 Å². The molecule has 162 valence electrons. The minimum atomic E-state index is -0.697. The molecular weight excluding hydrogens is 426 g/mol. The summed E-state index contributed by atoms with van der Waals surface area (Å²) in [6.45, 7) is 6.46. The van der Waals surface area contributed by atoms with E-state index in [-0.39, 0.29) is 0 Å². The van der Waals surface area contributed by atoms with E-state index >= 15 is 0 Å². The van der Waals surface area contributed by atoms with E-state index in [0.29, 0.717) is 0 Å². The van der Waals surface area contributed by atoms with Gasteiger partial charge in [-0.15, -0.1) is 0 Å². The van der Waals surface area contributed by atoms with Gasteiger partial charge >= 0.3 is 0 Å². The van der Waals surface area contributed by atoms with Gasteiger partial charge in [0.15, 0.2) is 0 Å². The third-order valence-corrected chi connectivity index (χ3v) is 10.5. The Morgan fingerprint density at radius 1 is 0.406 bits per heavy atom. The molecule has 0 atom stereocenters. The van der Waals surface area contributed by atoms with Crippen molar-refractivity contribution in [2.24, 2.45) is 0 Å². The molecule has 0 saturated heterocycles. The third-order valence-electron chi connectivity index (χ3n) is 5.30. The predicted octanol–water partition coefficient (Wildman–Crippen LogP) is 5.64. The van der Waals surface area contributed by atoms with E-state index in [0.717, 1.165) is 13.1 Å². The molecule has 0 spiro atoms. The molecule has 0 bridgehead atoms. The summed E-state index contributed by atoms with van der Waals surface area (Å²) in [5, 5.41) is 5.52. The lowest BCUT2D eigenvalue weighted by atomic mass is 10.4. The van der Waals surface area contributed by atoms with Crippen LogP contribution in [0.15, 0.2) is 121 Å². The molecular formula is C28H30N2P2.